The van der Waals surface area contributed by atoms with Crippen LogP contribution in [-0.2, 0) is 52.4 Å². The highest BCUT2D eigenvalue weighted by Crippen LogP contribution is 2.46. The van der Waals surface area contributed by atoms with Crippen LogP contribution < -0.4 is 9.47 Å². The first-order valence-corrected chi connectivity index (χ1v) is 19.5. The Morgan fingerprint density at radius 2 is 1.27 bits per heavy atom. The molecule has 3 aromatic rings. The van der Waals surface area contributed by atoms with E-state index in [2.05, 4.69) is 0 Å². The van der Waals surface area contributed by atoms with E-state index in [4.69, 9.17) is 48.1 Å². The Morgan fingerprint density at radius 3 is 1.95 bits per heavy atom. The van der Waals surface area contributed by atoms with Crippen LogP contribution in [0.1, 0.15) is 35.6 Å². The predicted molar refractivity (Wildman–Crippen MR) is 212 cm³/mol. The number of ether oxygens (including phenoxy) is 8. The Balaban J connectivity index is 1.27. The van der Waals surface area contributed by atoms with Crippen molar-refractivity contribution in [3.8, 4) is 34.5 Å². The van der Waals surface area contributed by atoms with Gasteiger partial charge in [-0.3, -0.25) is 19.2 Å². The summed E-state index contributed by atoms with van der Waals surface area (Å²) in [6.07, 6.45) is -19.1. The molecule has 0 aromatic heterocycles. The van der Waals surface area contributed by atoms with Gasteiger partial charge in [0.25, 0.3) is 0 Å². The fourth-order valence-corrected chi connectivity index (χ4v) is 6.69. The Morgan fingerprint density at radius 1 is 0.636 bits per heavy atom. The van der Waals surface area contributed by atoms with Crippen molar-refractivity contribution in [2.75, 3.05) is 13.2 Å². The number of carbonyl (C=O) groups is 5. The second kappa shape index (κ2) is 20.8. The van der Waals surface area contributed by atoms with E-state index in [1.165, 1.54) is 54.6 Å². The molecule has 11 unspecified atom stereocenters. The lowest BCUT2D eigenvalue weighted by Crippen LogP contribution is -2.61. The number of carboxylic acid groups (broad SMARTS) is 2. The molecular formula is C42H42O24. The van der Waals surface area contributed by atoms with Gasteiger partial charge in [-0.1, -0.05) is 18.2 Å². The van der Waals surface area contributed by atoms with Crippen molar-refractivity contribution in [3.63, 3.8) is 0 Å². The Kier molecular flexibility index (Phi) is 15.2. The minimum atomic E-state index is -2.13. The number of rotatable bonds is 16. The maximum absolute atomic E-state index is 12.6. The molecule has 354 valence electrons. The van der Waals surface area contributed by atoms with Gasteiger partial charge in [0, 0.05) is 23.8 Å². The SMILES string of the molecule is O=C(O)CC(=O)OCC1OC(Oc2cc(O)cc3c2C=C(OC2OC(COC(=O)C=Cc4ccc(O)c(O)c4)C(O)C(O)C2O)C(c2ccc(O)cc2)O3)C(O)C(O)C1OC(=O)CC(=O)O. The molecule has 6 rings (SSSR count). The summed E-state index contributed by atoms with van der Waals surface area (Å²) in [5, 5.41) is 113. The van der Waals surface area contributed by atoms with E-state index in [0.717, 1.165) is 18.2 Å². The van der Waals surface area contributed by atoms with Gasteiger partial charge in [0.1, 0.15) is 97.5 Å². The summed E-state index contributed by atoms with van der Waals surface area (Å²) in [7, 11) is 0. The first-order valence-electron chi connectivity index (χ1n) is 19.5. The highest BCUT2D eigenvalue weighted by Gasteiger charge is 2.50. The standard InChI is InChI=1S/C42H42O24/c43-19-5-3-18(4-6-19)39-26(63-41-37(57)35(55)34(54)27(64-41)15-59-31(51)8-2-17-1-7-22(45)23(46)9-17)12-21-24(61-39)10-20(44)11-25(21)62-42-38(58)36(56)40(66-33(53)14-30(49)50)28(65-42)16-60-32(52)13-29(47)48/h1-12,27-28,34-46,54-58H,13-16H2,(H,47,48)(H,49,50). The molecule has 2 saturated heterocycles. The van der Waals surface area contributed by atoms with Crippen molar-refractivity contribution in [3.05, 3.63) is 83.1 Å². The van der Waals surface area contributed by atoms with Crippen LogP contribution in [0.3, 0.4) is 0 Å². The number of hydrogen-bond donors (Lipinski definition) is 11. The van der Waals surface area contributed by atoms with Gasteiger partial charge in [-0.25, -0.2) is 4.79 Å². The van der Waals surface area contributed by atoms with E-state index in [1.54, 1.807) is 0 Å². The summed E-state index contributed by atoms with van der Waals surface area (Å²) in [6.45, 7) is -1.61. The Labute approximate surface area is 370 Å². The highest BCUT2D eigenvalue weighted by molar-refractivity contribution is 5.90. The number of aromatic hydroxyl groups is 4. The summed E-state index contributed by atoms with van der Waals surface area (Å²) in [5.74, 6) is -9.06. The maximum atomic E-state index is 12.6. The number of phenolic OH excluding ortho intramolecular Hbond substituents is 4. The normalized spacial score (nSPS) is 27.0. The molecule has 0 radical (unpaired) electrons. The first kappa shape index (κ1) is 48.3. The molecular weight excluding hydrogens is 888 g/mol. The molecule has 0 bridgehead atoms. The quantitative estimate of drug-likeness (QED) is 0.0278. The monoisotopic (exact) mass is 930 g/mol. The van der Waals surface area contributed by atoms with Crippen LogP contribution in [-0.4, -0.2) is 161 Å². The zero-order chi connectivity index (χ0) is 48.0. The number of fused-ring (bicyclic) bond motifs is 1. The van der Waals surface area contributed by atoms with E-state index in [1.807, 2.05) is 0 Å². The topological polar surface area (TPSA) is 382 Å². The number of hydrogen-bond acceptors (Lipinski definition) is 22. The number of aliphatic hydroxyl groups excluding tert-OH is 5. The first-order chi connectivity index (χ1) is 31.3. The number of aliphatic hydroxyl groups is 5. The number of carbonyl (C=O) groups excluding carboxylic acids is 3. The van der Waals surface area contributed by atoms with Gasteiger partial charge in [-0.05, 0) is 42.0 Å². The van der Waals surface area contributed by atoms with E-state index in [9.17, 15) is 69.9 Å². The molecule has 3 aromatic carbocycles. The molecule has 11 atom stereocenters. The molecule has 0 aliphatic carbocycles. The van der Waals surface area contributed by atoms with Gasteiger partial charge < -0.3 is 94.1 Å². The molecule has 24 heteroatoms. The third-order valence-electron chi connectivity index (χ3n) is 9.95. The molecule has 3 aliphatic rings. The molecule has 11 N–H and O–H groups in total. The number of carboxylic acids is 2. The van der Waals surface area contributed by atoms with Gasteiger partial charge in [0.2, 0.25) is 12.6 Å². The Hall–Kier alpha value is -7.19. The summed E-state index contributed by atoms with van der Waals surface area (Å²) in [6, 6.07) is 11.3. The average Bonchev–Trinajstić information content (AvgIpc) is 3.25. The third-order valence-corrected chi connectivity index (χ3v) is 9.95. The van der Waals surface area contributed by atoms with Crippen LogP contribution in [0.2, 0.25) is 0 Å². The number of phenols is 4. The van der Waals surface area contributed by atoms with Gasteiger partial charge in [0.15, 0.2) is 23.7 Å². The molecule has 24 nitrogen and oxygen atoms in total. The molecule has 66 heavy (non-hydrogen) atoms. The summed E-state index contributed by atoms with van der Waals surface area (Å²) < 4.78 is 44.8. The van der Waals surface area contributed by atoms with Crippen molar-refractivity contribution in [2.45, 2.75) is 80.4 Å². The minimum Gasteiger partial charge on any atom is -0.508 e. The van der Waals surface area contributed by atoms with Crippen LogP contribution in [0, 0.1) is 0 Å². The fraction of sp³-hybridized carbons (Fsp3) is 0.357. The fourth-order valence-electron chi connectivity index (χ4n) is 6.69. The van der Waals surface area contributed by atoms with Crippen molar-refractivity contribution >= 4 is 42.0 Å². The van der Waals surface area contributed by atoms with Gasteiger partial charge in [0.05, 0.1) is 5.56 Å². The van der Waals surface area contributed by atoms with Crippen LogP contribution in [0.5, 0.6) is 34.5 Å². The smallest absolute Gasteiger partial charge is 0.330 e. The molecule has 3 aliphatic heterocycles. The number of aliphatic carboxylic acids is 2. The van der Waals surface area contributed by atoms with Gasteiger partial charge in [-0.15, -0.1) is 0 Å². The number of esters is 3. The largest absolute Gasteiger partial charge is 0.508 e. The lowest BCUT2D eigenvalue weighted by atomic mass is 9.98. The molecule has 3 heterocycles. The van der Waals surface area contributed by atoms with Crippen LogP contribution in [0.4, 0.5) is 0 Å². The summed E-state index contributed by atoms with van der Waals surface area (Å²) in [4.78, 5) is 59.1. The Bertz CT molecular complexity index is 2340. The summed E-state index contributed by atoms with van der Waals surface area (Å²) >= 11 is 0. The van der Waals surface area contributed by atoms with E-state index >= 15 is 0 Å². The van der Waals surface area contributed by atoms with Crippen molar-refractivity contribution in [1.82, 2.24) is 0 Å². The molecule has 2 fully saturated rings. The van der Waals surface area contributed by atoms with Crippen LogP contribution in [0.25, 0.3) is 12.2 Å². The van der Waals surface area contributed by atoms with Gasteiger partial charge >= 0.3 is 29.8 Å². The molecule has 0 spiro atoms. The lowest BCUT2D eigenvalue weighted by Gasteiger charge is -2.42. The molecule has 0 amide bonds. The number of benzene rings is 3. The van der Waals surface area contributed by atoms with Gasteiger partial charge in [-0.2, -0.15) is 0 Å². The zero-order valence-corrected chi connectivity index (χ0v) is 33.8. The van der Waals surface area contributed by atoms with E-state index in [0.29, 0.717) is 11.1 Å². The van der Waals surface area contributed by atoms with Crippen molar-refractivity contribution < 1.29 is 118 Å². The average molecular weight is 931 g/mol. The maximum Gasteiger partial charge on any atom is 0.330 e. The highest BCUT2D eigenvalue weighted by atomic mass is 16.7. The minimum absolute atomic E-state index is 0.0901. The van der Waals surface area contributed by atoms with Crippen LogP contribution in [0.15, 0.2) is 66.4 Å². The second-order valence-electron chi connectivity index (χ2n) is 14.8. The van der Waals surface area contributed by atoms with Crippen molar-refractivity contribution in [1.29, 1.82) is 0 Å². The molecule has 0 saturated carbocycles. The van der Waals surface area contributed by atoms with Crippen molar-refractivity contribution in [2.24, 2.45) is 0 Å². The second-order valence-corrected chi connectivity index (χ2v) is 14.8. The van der Waals surface area contributed by atoms with Crippen LogP contribution >= 0.6 is 0 Å². The van der Waals surface area contributed by atoms with E-state index < -0.39 is 135 Å². The zero-order valence-electron chi connectivity index (χ0n) is 33.8. The summed E-state index contributed by atoms with van der Waals surface area (Å²) in [5.41, 5.74) is 0.512. The third kappa shape index (κ3) is 11.7. The lowest BCUT2D eigenvalue weighted by molar-refractivity contribution is -0.294. The van der Waals surface area contributed by atoms with E-state index in [-0.39, 0.29) is 34.3 Å². The predicted octanol–water partition coefficient (Wildman–Crippen LogP) is -0.706.